The van der Waals surface area contributed by atoms with E-state index in [1.165, 1.54) is 0 Å². The number of alkyl halides is 3. The van der Waals surface area contributed by atoms with Gasteiger partial charge in [0.05, 0.1) is 14.2 Å². The fraction of sp³-hybridized carbons (Fsp3) is 0.450. The summed E-state index contributed by atoms with van der Waals surface area (Å²) in [7, 11) is 3.11. The molecule has 10 heteroatoms. The van der Waals surface area contributed by atoms with Crippen molar-refractivity contribution in [2.45, 2.75) is 25.6 Å². The highest BCUT2D eigenvalue weighted by molar-refractivity contribution is 5.79. The molecule has 1 aliphatic heterocycles. The summed E-state index contributed by atoms with van der Waals surface area (Å²) in [6.45, 7) is 1.20. The second-order valence-corrected chi connectivity index (χ2v) is 6.92. The number of methoxy groups -OCH3 is 2. The lowest BCUT2D eigenvalue weighted by molar-refractivity contribution is -0.141. The zero-order valence-corrected chi connectivity index (χ0v) is 16.7. The first-order chi connectivity index (χ1) is 14.3. The number of ether oxygens (including phenoxy) is 2. The molecule has 1 aromatic carbocycles. The topological polar surface area (TPSA) is 76.6 Å². The molecule has 1 aliphatic rings. The molecule has 7 nitrogen and oxygen atoms in total. The van der Waals surface area contributed by atoms with E-state index in [9.17, 15) is 18.0 Å². The van der Waals surface area contributed by atoms with Crippen LogP contribution in [0.1, 0.15) is 24.1 Å². The summed E-state index contributed by atoms with van der Waals surface area (Å²) in [5.74, 6) is 1.20. The highest BCUT2D eigenvalue weighted by Crippen LogP contribution is 2.30. The molecule has 1 amide bonds. The highest BCUT2D eigenvalue weighted by Gasteiger charge is 2.34. The number of benzene rings is 1. The predicted molar refractivity (Wildman–Crippen MR) is 103 cm³/mol. The Morgan fingerprint density at radius 3 is 2.53 bits per heavy atom. The first-order valence-corrected chi connectivity index (χ1v) is 9.44. The number of aromatic nitrogens is 2. The highest BCUT2D eigenvalue weighted by atomic mass is 19.4. The van der Waals surface area contributed by atoms with Crippen LogP contribution in [0.15, 0.2) is 30.6 Å². The quantitative estimate of drug-likeness (QED) is 0.768. The number of carbonyl (C=O) groups excluding carboxylic acids is 1. The van der Waals surface area contributed by atoms with Crippen molar-refractivity contribution in [3.05, 3.63) is 41.9 Å². The van der Waals surface area contributed by atoms with E-state index < -0.39 is 11.9 Å². The molecule has 2 heterocycles. The SMILES string of the molecule is COc1ccc(CNC(=O)C2CCN(c3cc(C(F)(F)F)ncn3)CC2)c(OC)c1. The van der Waals surface area contributed by atoms with Crippen LogP contribution in [0.3, 0.4) is 0 Å². The van der Waals surface area contributed by atoms with Gasteiger partial charge in [-0.1, -0.05) is 0 Å². The number of nitrogens with one attached hydrogen (secondary N) is 1. The Balaban J connectivity index is 1.55. The summed E-state index contributed by atoms with van der Waals surface area (Å²) in [5.41, 5.74) is -0.148. The van der Waals surface area contributed by atoms with E-state index in [2.05, 4.69) is 15.3 Å². The third kappa shape index (κ3) is 5.11. The van der Waals surface area contributed by atoms with Gasteiger partial charge in [0, 0.05) is 43.2 Å². The van der Waals surface area contributed by atoms with Crippen LogP contribution in [0, 0.1) is 5.92 Å². The number of hydrogen-bond acceptors (Lipinski definition) is 6. The Hall–Kier alpha value is -3.04. The number of amides is 1. The smallest absolute Gasteiger partial charge is 0.433 e. The van der Waals surface area contributed by atoms with Crippen molar-refractivity contribution in [2.75, 3.05) is 32.2 Å². The number of carbonyl (C=O) groups is 1. The molecule has 0 unspecified atom stereocenters. The molecule has 1 saturated heterocycles. The number of anilines is 1. The fourth-order valence-electron chi connectivity index (χ4n) is 3.37. The minimum Gasteiger partial charge on any atom is -0.497 e. The minimum atomic E-state index is -4.52. The number of piperidine rings is 1. The molecule has 3 rings (SSSR count). The zero-order chi connectivity index (χ0) is 21.7. The molecule has 162 valence electrons. The molecule has 0 bridgehead atoms. The Labute approximate surface area is 172 Å². The Morgan fingerprint density at radius 1 is 1.17 bits per heavy atom. The van der Waals surface area contributed by atoms with Gasteiger partial charge in [0.2, 0.25) is 5.91 Å². The number of hydrogen-bond donors (Lipinski definition) is 1. The maximum atomic E-state index is 12.8. The van der Waals surface area contributed by atoms with Crippen molar-refractivity contribution in [3.8, 4) is 11.5 Å². The van der Waals surface area contributed by atoms with Crippen LogP contribution in [-0.2, 0) is 17.5 Å². The van der Waals surface area contributed by atoms with E-state index in [1.54, 1.807) is 31.3 Å². The van der Waals surface area contributed by atoms with Crippen molar-refractivity contribution >= 4 is 11.7 Å². The third-order valence-electron chi connectivity index (χ3n) is 5.08. The second-order valence-electron chi connectivity index (χ2n) is 6.92. The number of halogens is 3. The lowest BCUT2D eigenvalue weighted by Crippen LogP contribution is -2.40. The molecule has 0 aliphatic carbocycles. The molecule has 0 radical (unpaired) electrons. The Morgan fingerprint density at radius 2 is 1.90 bits per heavy atom. The van der Waals surface area contributed by atoms with E-state index >= 15 is 0 Å². The van der Waals surface area contributed by atoms with Crippen LogP contribution in [0.5, 0.6) is 11.5 Å². The molecule has 1 N–H and O–H groups in total. The summed E-state index contributed by atoms with van der Waals surface area (Å²) in [4.78, 5) is 21.5. The van der Waals surface area contributed by atoms with Crippen molar-refractivity contribution in [1.82, 2.24) is 15.3 Å². The van der Waals surface area contributed by atoms with Gasteiger partial charge in [0.15, 0.2) is 0 Å². The number of rotatable bonds is 6. The van der Waals surface area contributed by atoms with E-state index in [4.69, 9.17) is 9.47 Å². The maximum Gasteiger partial charge on any atom is 0.433 e. The summed E-state index contributed by atoms with van der Waals surface area (Å²) in [6.07, 6.45) is -2.55. The summed E-state index contributed by atoms with van der Waals surface area (Å²) >= 11 is 0. The van der Waals surface area contributed by atoms with Crippen LogP contribution in [-0.4, -0.2) is 43.2 Å². The van der Waals surface area contributed by atoms with Crippen molar-refractivity contribution < 1.29 is 27.4 Å². The van der Waals surface area contributed by atoms with Crippen molar-refractivity contribution in [1.29, 1.82) is 0 Å². The van der Waals surface area contributed by atoms with Crippen molar-refractivity contribution in [3.63, 3.8) is 0 Å². The van der Waals surface area contributed by atoms with Crippen LogP contribution in [0.4, 0.5) is 19.0 Å². The van der Waals surface area contributed by atoms with Gasteiger partial charge in [0.1, 0.15) is 29.3 Å². The largest absolute Gasteiger partial charge is 0.497 e. The van der Waals surface area contributed by atoms with E-state index in [0.717, 1.165) is 18.0 Å². The van der Waals surface area contributed by atoms with E-state index in [1.807, 2.05) is 6.07 Å². The van der Waals surface area contributed by atoms with Gasteiger partial charge in [-0.15, -0.1) is 0 Å². The van der Waals surface area contributed by atoms with Crippen LogP contribution < -0.4 is 19.7 Å². The predicted octanol–water partition coefficient (Wildman–Crippen LogP) is 3.05. The average molecular weight is 424 g/mol. The Bertz CT molecular complexity index is 884. The van der Waals surface area contributed by atoms with Crippen LogP contribution in [0.2, 0.25) is 0 Å². The van der Waals surface area contributed by atoms with Gasteiger partial charge in [-0.25, -0.2) is 9.97 Å². The van der Waals surface area contributed by atoms with Gasteiger partial charge < -0.3 is 19.7 Å². The normalized spacial score (nSPS) is 15.0. The standard InChI is InChI=1S/C20H23F3N4O3/c1-29-15-4-3-14(16(9-15)30-2)11-24-19(28)13-5-7-27(8-6-13)18-10-17(20(21,22)23)25-12-26-18/h3-4,9-10,12-13H,5-8,11H2,1-2H3,(H,24,28). The van der Waals surface area contributed by atoms with Crippen LogP contribution >= 0.6 is 0 Å². The summed E-state index contributed by atoms with van der Waals surface area (Å²) < 4.78 is 49.0. The monoisotopic (exact) mass is 424 g/mol. The molecule has 0 spiro atoms. The lowest BCUT2D eigenvalue weighted by atomic mass is 9.95. The minimum absolute atomic E-state index is 0.0915. The van der Waals surface area contributed by atoms with Crippen molar-refractivity contribution in [2.24, 2.45) is 5.92 Å². The molecule has 0 atom stereocenters. The van der Waals surface area contributed by atoms with Gasteiger partial charge in [-0.3, -0.25) is 4.79 Å². The van der Waals surface area contributed by atoms with E-state index in [-0.39, 0.29) is 17.6 Å². The van der Waals surface area contributed by atoms with Crippen LogP contribution in [0.25, 0.3) is 0 Å². The molecule has 0 saturated carbocycles. The van der Waals surface area contributed by atoms with E-state index in [0.29, 0.717) is 44.0 Å². The molecule has 30 heavy (non-hydrogen) atoms. The zero-order valence-electron chi connectivity index (χ0n) is 16.7. The third-order valence-corrected chi connectivity index (χ3v) is 5.08. The maximum absolute atomic E-state index is 12.8. The van der Waals surface area contributed by atoms with Gasteiger partial charge in [-0.05, 0) is 25.0 Å². The number of nitrogens with zero attached hydrogens (tertiary/aromatic N) is 3. The molecular weight excluding hydrogens is 401 g/mol. The molecule has 1 fully saturated rings. The second kappa shape index (κ2) is 9.19. The molecule has 2 aromatic rings. The molecule has 1 aromatic heterocycles. The van der Waals surface area contributed by atoms with Gasteiger partial charge in [0.25, 0.3) is 0 Å². The first kappa shape index (κ1) is 21.7. The van der Waals surface area contributed by atoms with Gasteiger partial charge >= 0.3 is 6.18 Å². The molecular formula is C20H23F3N4O3. The summed E-state index contributed by atoms with van der Waals surface area (Å²) in [6, 6.07) is 6.31. The fourth-order valence-corrected chi connectivity index (χ4v) is 3.37. The Kier molecular flexibility index (Phi) is 6.63. The first-order valence-electron chi connectivity index (χ1n) is 9.44. The van der Waals surface area contributed by atoms with Gasteiger partial charge in [-0.2, -0.15) is 13.2 Å². The average Bonchev–Trinajstić information content (AvgIpc) is 2.77. The summed E-state index contributed by atoms with van der Waals surface area (Å²) in [5, 5.41) is 2.91. The lowest BCUT2D eigenvalue weighted by Gasteiger charge is -2.32.